The number of ether oxygens (including phenoxy) is 1. The van der Waals surface area contributed by atoms with Gasteiger partial charge in [0, 0.05) is 31.8 Å². The second-order valence-corrected chi connectivity index (χ2v) is 7.21. The molecule has 0 unspecified atom stereocenters. The molecule has 1 aliphatic rings. The Hall–Kier alpha value is -2.45. The maximum Gasteiger partial charge on any atom is 0.273 e. The predicted octanol–water partition coefficient (Wildman–Crippen LogP) is 1.71. The van der Waals surface area contributed by atoms with Crippen LogP contribution < -0.4 is 5.32 Å². The number of nitrogens with zero attached hydrogens (tertiary/aromatic N) is 4. The number of amides is 2. The zero-order valence-electron chi connectivity index (χ0n) is 15.8. The molecule has 0 bridgehead atoms. The standard InChI is InChI=1S/C19H24ClN5O3/c1-28-9-7-21-19(27)17-13-25(23-22-17)16-6-3-8-24(12-16)18(26)11-14-4-2-5-15(20)10-14/h2,4-5,10,13,16H,3,6-9,11-12H2,1H3,(H,21,27)/t16-/m1/s1. The van der Waals surface area contributed by atoms with Crippen molar-refractivity contribution in [2.75, 3.05) is 33.4 Å². The van der Waals surface area contributed by atoms with E-state index in [1.54, 1.807) is 24.1 Å². The molecule has 1 aliphatic heterocycles. The first kappa shape index (κ1) is 20.3. The van der Waals surface area contributed by atoms with Crippen LogP contribution in [-0.4, -0.2) is 65.1 Å². The number of carbonyl (C=O) groups excluding carboxylic acids is 2. The van der Waals surface area contributed by atoms with Crippen LogP contribution in [0.4, 0.5) is 0 Å². The summed E-state index contributed by atoms with van der Waals surface area (Å²) < 4.78 is 6.60. The topological polar surface area (TPSA) is 89.4 Å². The van der Waals surface area contributed by atoms with Crippen LogP contribution in [0.15, 0.2) is 30.5 Å². The molecule has 0 spiro atoms. The van der Waals surface area contributed by atoms with E-state index in [4.69, 9.17) is 16.3 Å². The number of methoxy groups -OCH3 is 1. The Kier molecular flexibility index (Phi) is 7.00. The molecule has 2 heterocycles. The number of nitrogens with one attached hydrogen (secondary N) is 1. The van der Waals surface area contributed by atoms with Crippen LogP contribution in [0.25, 0.3) is 0 Å². The lowest BCUT2D eigenvalue weighted by molar-refractivity contribution is -0.132. The normalized spacial score (nSPS) is 16.8. The van der Waals surface area contributed by atoms with Crippen molar-refractivity contribution in [3.63, 3.8) is 0 Å². The first-order valence-corrected chi connectivity index (χ1v) is 9.66. The molecular weight excluding hydrogens is 382 g/mol. The lowest BCUT2D eigenvalue weighted by Gasteiger charge is -2.32. The van der Waals surface area contributed by atoms with Crippen molar-refractivity contribution >= 4 is 23.4 Å². The molecule has 3 rings (SSSR count). The molecule has 0 aliphatic carbocycles. The largest absolute Gasteiger partial charge is 0.383 e. The summed E-state index contributed by atoms with van der Waals surface area (Å²) in [5, 5.41) is 11.4. The molecule has 1 atom stereocenters. The van der Waals surface area contributed by atoms with E-state index in [9.17, 15) is 9.59 Å². The molecule has 150 valence electrons. The van der Waals surface area contributed by atoms with Crippen molar-refractivity contribution in [3.8, 4) is 0 Å². The quantitative estimate of drug-likeness (QED) is 0.708. The van der Waals surface area contributed by atoms with Gasteiger partial charge in [0.25, 0.3) is 5.91 Å². The van der Waals surface area contributed by atoms with E-state index < -0.39 is 0 Å². The number of likely N-dealkylation sites (tertiary alicyclic amines) is 1. The van der Waals surface area contributed by atoms with Crippen molar-refractivity contribution in [1.82, 2.24) is 25.2 Å². The fourth-order valence-corrected chi connectivity index (χ4v) is 3.46. The number of carbonyl (C=O) groups is 2. The molecule has 0 saturated carbocycles. The second-order valence-electron chi connectivity index (χ2n) is 6.77. The minimum atomic E-state index is -0.284. The maximum absolute atomic E-state index is 12.7. The van der Waals surface area contributed by atoms with Gasteiger partial charge < -0.3 is 15.0 Å². The number of piperidine rings is 1. The molecule has 2 amide bonds. The van der Waals surface area contributed by atoms with E-state index >= 15 is 0 Å². The lowest BCUT2D eigenvalue weighted by Crippen LogP contribution is -2.41. The number of hydrogen-bond acceptors (Lipinski definition) is 5. The van der Waals surface area contributed by atoms with Gasteiger partial charge in [0.05, 0.1) is 25.3 Å². The predicted molar refractivity (Wildman–Crippen MR) is 104 cm³/mol. The molecule has 1 saturated heterocycles. The van der Waals surface area contributed by atoms with Crippen molar-refractivity contribution in [3.05, 3.63) is 46.7 Å². The fraction of sp³-hybridized carbons (Fsp3) is 0.474. The van der Waals surface area contributed by atoms with Gasteiger partial charge in [-0.15, -0.1) is 5.10 Å². The van der Waals surface area contributed by atoms with Crippen molar-refractivity contribution < 1.29 is 14.3 Å². The molecular formula is C19H24ClN5O3. The van der Waals surface area contributed by atoms with Gasteiger partial charge in [0.1, 0.15) is 0 Å². The van der Waals surface area contributed by atoms with Crippen LogP contribution in [-0.2, 0) is 16.0 Å². The van der Waals surface area contributed by atoms with Crippen LogP contribution in [0.3, 0.4) is 0 Å². The Labute approximate surface area is 168 Å². The Morgan fingerprint density at radius 1 is 1.39 bits per heavy atom. The molecule has 1 aromatic heterocycles. The number of halogens is 1. The summed E-state index contributed by atoms with van der Waals surface area (Å²) in [6.07, 6.45) is 3.71. The smallest absolute Gasteiger partial charge is 0.273 e. The summed E-state index contributed by atoms with van der Waals surface area (Å²) in [4.78, 5) is 26.6. The number of rotatable bonds is 7. The van der Waals surface area contributed by atoms with Gasteiger partial charge in [-0.25, -0.2) is 4.68 Å². The zero-order chi connectivity index (χ0) is 19.9. The van der Waals surface area contributed by atoms with E-state index in [2.05, 4.69) is 15.6 Å². The van der Waals surface area contributed by atoms with Gasteiger partial charge in [0.2, 0.25) is 5.91 Å². The first-order chi connectivity index (χ1) is 13.6. The van der Waals surface area contributed by atoms with E-state index in [1.165, 1.54) is 0 Å². The van der Waals surface area contributed by atoms with Crippen LogP contribution in [0.5, 0.6) is 0 Å². The summed E-state index contributed by atoms with van der Waals surface area (Å²) in [5.74, 6) is -0.224. The van der Waals surface area contributed by atoms with Gasteiger partial charge in [-0.2, -0.15) is 0 Å². The van der Waals surface area contributed by atoms with E-state index in [0.717, 1.165) is 24.9 Å². The van der Waals surface area contributed by atoms with Gasteiger partial charge in [-0.05, 0) is 30.5 Å². The summed E-state index contributed by atoms with van der Waals surface area (Å²) >= 11 is 6.00. The molecule has 2 aromatic rings. The molecule has 1 aromatic carbocycles. The molecule has 8 nitrogen and oxygen atoms in total. The Balaban J connectivity index is 1.58. The number of benzene rings is 1. The van der Waals surface area contributed by atoms with Crippen LogP contribution in [0.1, 0.15) is 34.9 Å². The van der Waals surface area contributed by atoms with Gasteiger partial charge in [-0.1, -0.05) is 28.9 Å². The van der Waals surface area contributed by atoms with E-state index in [0.29, 0.717) is 31.1 Å². The Morgan fingerprint density at radius 2 is 2.25 bits per heavy atom. The molecule has 0 radical (unpaired) electrons. The molecule has 9 heteroatoms. The highest BCUT2D eigenvalue weighted by Crippen LogP contribution is 2.22. The van der Waals surface area contributed by atoms with Crippen LogP contribution in [0.2, 0.25) is 5.02 Å². The van der Waals surface area contributed by atoms with E-state index in [1.807, 2.05) is 23.1 Å². The van der Waals surface area contributed by atoms with Gasteiger partial charge in [0.15, 0.2) is 5.69 Å². The molecule has 1 fully saturated rings. The highest BCUT2D eigenvalue weighted by molar-refractivity contribution is 6.30. The highest BCUT2D eigenvalue weighted by atomic mass is 35.5. The highest BCUT2D eigenvalue weighted by Gasteiger charge is 2.26. The third-order valence-corrected chi connectivity index (χ3v) is 4.94. The SMILES string of the molecule is COCCNC(=O)c1cn([C@@H]2CCCN(C(=O)Cc3cccc(Cl)c3)C2)nn1. The Morgan fingerprint density at radius 3 is 3.04 bits per heavy atom. The Bertz CT molecular complexity index is 825. The summed E-state index contributed by atoms with van der Waals surface area (Å²) in [6.45, 7) is 2.12. The maximum atomic E-state index is 12.7. The molecule has 1 N–H and O–H groups in total. The van der Waals surface area contributed by atoms with Crippen molar-refractivity contribution in [2.45, 2.75) is 25.3 Å². The van der Waals surface area contributed by atoms with Gasteiger partial charge >= 0.3 is 0 Å². The summed E-state index contributed by atoms with van der Waals surface area (Å²) in [5.41, 5.74) is 1.16. The van der Waals surface area contributed by atoms with Crippen molar-refractivity contribution in [1.29, 1.82) is 0 Å². The van der Waals surface area contributed by atoms with Crippen LogP contribution in [0, 0.1) is 0 Å². The third-order valence-electron chi connectivity index (χ3n) is 4.70. The third kappa shape index (κ3) is 5.30. The lowest BCUT2D eigenvalue weighted by atomic mass is 10.0. The number of hydrogen-bond donors (Lipinski definition) is 1. The summed E-state index contributed by atoms with van der Waals surface area (Å²) in [6, 6.07) is 7.35. The van der Waals surface area contributed by atoms with E-state index in [-0.39, 0.29) is 23.6 Å². The van der Waals surface area contributed by atoms with Gasteiger partial charge in [-0.3, -0.25) is 9.59 Å². The first-order valence-electron chi connectivity index (χ1n) is 9.28. The zero-order valence-corrected chi connectivity index (χ0v) is 16.6. The van der Waals surface area contributed by atoms with Crippen molar-refractivity contribution in [2.24, 2.45) is 0 Å². The second kappa shape index (κ2) is 9.66. The fourth-order valence-electron chi connectivity index (χ4n) is 3.25. The minimum absolute atomic E-state index is 0.00471. The monoisotopic (exact) mass is 405 g/mol. The minimum Gasteiger partial charge on any atom is -0.383 e. The van der Waals surface area contributed by atoms with Crippen LogP contribution >= 0.6 is 11.6 Å². The average molecular weight is 406 g/mol. The molecule has 28 heavy (non-hydrogen) atoms. The number of aromatic nitrogens is 3. The summed E-state index contributed by atoms with van der Waals surface area (Å²) in [7, 11) is 1.57. The average Bonchev–Trinajstić information content (AvgIpc) is 3.19.